The van der Waals surface area contributed by atoms with Crippen LogP contribution in [-0.4, -0.2) is 0 Å². The molecule has 1 aliphatic carbocycles. The molecule has 0 atom stereocenters. The predicted octanol–water partition coefficient (Wildman–Crippen LogP) is 4.01. The summed E-state index contributed by atoms with van der Waals surface area (Å²) in [6.07, 6.45) is 16.5. The van der Waals surface area contributed by atoms with E-state index in [2.05, 4.69) is 24.8 Å². The van der Waals surface area contributed by atoms with Crippen molar-refractivity contribution in [3.8, 4) is 0 Å². The van der Waals surface area contributed by atoms with Gasteiger partial charge in [-0.25, -0.2) is 0 Å². The van der Waals surface area contributed by atoms with E-state index in [-0.39, 0.29) is 0 Å². The minimum absolute atomic E-state index is 1.20. The van der Waals surface area contributed by atoms with Crippen molar-refractivity contribution in [2.24, 2.45) is 0 Å². The molecular formula is C12H18. The molecule has 66 valence electrons. The monoisotopic (exact) mass is 162 g/mol. The van der Waals surface area contributed by atoms with Crippen LogP contribution in [-0.2, 0) is 0 Å². The van der Waals surface area contributed by atoms with Crippen LogP contribution in [0.2, 0.25) is 0 Å². The van der Waals surface area contributed by atoms with Crippen molar-refractivity contribution >= 4 is 0 Å². The first-order valence-electron chi connectivity index (χ1n) is 4.91. The molecule has 0 aromatic heterocycles. The third-order valence-corrected chi connectivity index (χ3v) is 2.29. The summed E-state index contributed by atoms with van der Waals surface area (Å²) in [6.45, 7) is 3.81. The van der Waals surface area contributed by atoms with E-state index < -0.39 is 0 Å². The Balaban J connectivity index is 2.50. The summed E-state index contributed by atoms with van der Waals surface area (Å²) in [5, 5.41) is 0. The highest BCUT2D eigenvalue weighted by molar-refractivity contribution is 5.21. The Morgan fingerprint density at radius 3 is 2.83 bits per heavy atom. The fraction of sp³-hybridized carbons (Fsp3) is 0.500. The molecule has 0 heterocycles. The number of rotatable bonds is 1. The molecule has 0 aliphatic heterocycles. The Hall–Kier alpha value is -0.780. The molecule has 0 spiro atoms. The zero-order valence-corrected chi connectivity index (χ0v) is 7.76. The minimum atomic E-state index is 1.20. The van der Waals surface area contributed by atoms with Gasteiger partial charge in [0.25, 0.3) is 0 Å². The molecule has 0 radical (unpaired) electrons. The van der Waals surface area contributed by atoms with Gasteiger partial charge in [-0.3, -0.25) is 0 Å². The molecule has 0 fully saturated rings. The SMILES string of the molecule is C=CC1=CC=CCCCCCC1. The molecule has 0 saturated carbocycles. The van der Waals surface area contributed by atoms with E-state index in [1.165, 1.54) is 44.1 Å². The molecule has 12 heavy (non-hydrogen) atoms. The van der Waals surface area contributed by atoms with Crippen molar-refractivity contribution in [2.45, 2.75) is 38.5 Å². The van der Waals surface area contributed by atoms with Gasteiger partial charge >= 0.3 is 0 Å². The lowest BCUT2D eigenvalue weighted by Crippen LogP contribution is -1.83. The predicted molar refractivity (Wildman–Crippen MR) is 55.1 cm³/mol. The first-order valence-corrected chi connectivity index (χ1v) is 4.91. The van der Waals surface area contributed by atoms with Crippen LogP contribution in [0.1, 0.15) is 38.5 Å². The summed E-state index contributed by atoms with van der Waals surface area (Å²) in [6, 6.07) is 0. The highest BCUT2D eigenvalue weighted by atomic mass is 14.0. The first kappa shape index (κ1) is 9.31. The van der Waals surface area contributed by atoms with Gasteiger partial charge in [-0.1, -0.05) is 43.7 Å². The van der Waals surface area contributed by atoms with E-state index in [0.717, 1.165) is 0 Å². The number of hydrogen-bond donors (Lipinski definition) is 0. The van der Waals surface area contributed by atoms with Gasteiger partial charge in [-0.2, -0.15) is 0 Å². The lowest BCUT2D eigenvalue weighted by molar-refractivity contribution is 0.645. The summed E-state index contributed by atoms with van der Waals surface area (Å²) < 4.78 is 0. The van der Waals surface area contributed by atoms with Crippen molar-refractivity contribution in [3.05, 3.63) is 36.5 Å². The van der Waals surface area contributed by atoms with Gasteiger partial charge in [0.2, 0.25) is 0 Å². The van der Waals surface area contributed by atoms with Crippen LogP contribution < -0.4 is 0 Å². The molecule has 1 rings (SSSR count). The molecule has 0 nitrogen and oxygen atoms in total. The zero-order valence-electron chi connectivity index (χ0n) is 7.76. The Morgan fingerprint density at radius 1 is 1.17 bits per heavy atom. The fourth-order valence-corrected chi connectivity index (χ4v) is 1.49. The fourth-order valence-electron chi connectivity index (χ4n) is 1.49. The van der Waals surface area contributed by atoms with Gasteiger partial charge in [-0.15, -0.1) is 0 Å². The van der Waals surface area contributed by atoms with Crippen LogP contribution in [0.15, 0.2) is 36.5 Å². The average Bonchev–Trinajstić information content (AvgIpc) is 2.14. The van der Waals surface area contributed by atoms with E-state index >= 15 is 0 Å². The third kappa shape index (κ3) is 3.56. The smallest absolute Gasteiger partial charge is 0.0279 e. The number of allylic oxidation sites excluding steroid dienone is 5. The number of hydrogen-bond acceptors (Lipinski definition) is 0. The van der Waals surface area contributed by atoms with Gasteiger partial charge in [0.1, 0.15) is 0 Å². The molecule has 1 aliphatic rings. The lowest BCUT2D eigenvalue weighted by atomic mass is 10.0. The highest BCUT2D eigenvalue weighted by Gasteiger charge is 1.94. The molecule has 0 amide bonds. The first-order chi connectivity index (χ1) is 5.93. The van der Waals surface area contributed by atoms with Crippen molar-refractivity contribution < 1.29 is 0 Å². The Bertz CT molecular complexity index is 184. The van der Waals surface area contributed by atoms with Crippen LogP contribution in [0.5, 0.6) is 0 Å². The van der Waals surface area contributed by atoms with Crippen LogP contribution >= 0.6 is 0 Å². The summed E-state index contributed by atoms with van der Waals surface area (Å²) in [4.78, 5) is 0. The topological polar surface area (TPSA) is 0 Å². The summed E-state index contributed by atoms with van der Waals surface area (Å²) in [5.41, 5.74) is 1.38. The summed E-state index contributed by atoms with van der Waals surface area (Å²) >= 11 is 0. The quantitative estimate of drug-likeness (QED) is 0.546. The van der Waals surface area contributed by atoms with Gasteiger partial charge in [0, 0.05) is 0 Å². The normalized spacial score (nSPS) is 19.8. The molecule has 0 aromatic rings. The second kappa shape index (κ2) is 5.82. The van der Waals surface area contributed by atoms with Gasteiger partial charge in [0.05, 0.1) is 0 Å². The minimum Gasteiger partial charge on any atom is -0.0988 e. The van der Waals surface area contributed by atoms with Crippen LogP contribution in [0.3, 0.4) is 0 Å². The van der Waals surface area contributed by atoms with Crippen molar-refractivity contribution in [1.82, 2.24) is 0 Å². The van der Waals surface area contributed by atoms with Crippen LogP contribution in [0.25, 0.3) is 0 Å². The zero-order chi connectivity index (χ0) is 8.65. The maximum Gasteiger partial charge on any atom is -0.0279 e. The second-order valence-corrected chi connectivity index (χ2v) is 3.33. The molecule has 0 heteroatoms. The molecule has 0 unspecified atom stereocenters. The standard InChI is InChI=1S/C12H18/c1-2-12-10-8-6-4-3-5-7-9-11-12/h2,6,8,10H,1,3-5,7,9,11H2. The lowest BCUT2D eigenvalue weighted by Gasteiger charge is -2.03. The largest absolute Gasteiger partial charge is 0.0988 e. The Labute approximate surface area is 75.7 Å². The van der Waals surface area contributed by atoms with Crippen molar-refractivity contribution in [1.29, 1.82) is 0 Å². The molecule has 0 N–H and O–H groups in total. The molecular weight excluding hydrogens is 144 g/mol. The van der Waals surface area contributed by atoms with Crippen LogP contribution in [0.4, 0.5) is 0 Å². The molecule has 0 aromatic carbocycles. The van der Waals surface area contributed by atoms with Crippen molar-refractivity contribution in [2.75, 3.05) is 0 Å². The van der Waals surface area contributed by atoms with Crippen molar-refractivity contribution in [3.63, 3.8) is 0 Å². The maximum atomic E-state index is 3.81. The van der Waals surface area contributed by atoms with E-state index in [1.54, 1.807) is 0 Å². The van der Waals surface area contributed by atoms with E-state index in [1.807, 2.05) is 6.08 Å². The molecule has 0 bridgehead atoms. The van der Waals surface area contributed by atoms with E-state index in [9.17, 15) is 0 Å². The van der Waals surface area contributed by atoms with Gasteiger partial charge < -0.3 is 0 Å². The molecule has 0 saturated heterocycles. The maximum absolute atomic E-state index is 3.81. The third-order valence-electron chi connectivity index (χ3n) is 2.29. The van der Waals surface area contributed by atoms with E-state index in [0.29, 0.717) is 0 Å². The van der Waals surface area contributed by atoms with Gasteiger partial charge in [-0.05, 0) is 31.3 Å². The van der Waals surface area contributed by atoms with Gasteiger partial charge in [0.15, 0.2) is 0 Å². The summed E-state index contributed by atoms with van der Waals surface area (Å²) in [5.74, 6) is 0. The Kier molecular flexibility index (Phi) is 4.51. The average molecular weight is 162 g/mol. The highest BCUT2D eigenvalue weighted by Crippen LogP contribution is 2.13. The summed E-state index contributed by atoms with van der Waals surface area (Å²) in [7, 11) is 0. The van der Waals surface area contributed by atoms with Crippen LogP contribution in [0, 0.1) is 0 Å². The Morgan fingerprint density at radius 2 is 2.00 bits per heavy atom. The van der Waals surface area contributed by atoms with E-state index in [4.69, 9.17) is 0 Å². The second-order valence-electron chi connectivity index (χ2n) is 3.33.